The van der Waals surface area contributed by atoms with E-state index in [2.05, 4.69) is 47.2 Å². The fraction of sp³-hybridized carbons (Fsp3) is 0.538. The molecule has 0 aliphatic rings. The van der Waals surface area contributed by atoms with Crippen LogP contribution in [0.25, 0.3) is 0 Å². The standard InChI is InChI=1S/C13H20BrNO/c1-10(2)13(7-8-16-3)15-12-6-4-5-11(14)9-12/h4-6,9-10,13,15H,7-8H2,1-3H3. The van der Waals surface area contributed by atoms with Gasteiger partial charge in [0.2, 0.25) is 0 Å². The fourth-order valence-electron chi connectivity index (χ4n) is 1.61. The largest absolute Gasteiger partial charge is 0.385 e. The Bertz CT molecular complexity index is 315. The number of hydrogen-bond acceptors (Lipinski definition) is 2. The molecule has 90 valence electrons. The van der Waals surface area contributed by atoms with Crippen LogP contribution >= 0.6 is 15.9 Å². The molecular weight excluding hydrogens is 266 g/mol. The van der Waals surface area contributed by atoms with Crippen molar-refractivity contribution in [1.82, 2.24) is 0 Å². The first-order valence-corrected chi connectivity index (χ1v) is 6.44. The van der Waals surface area contributed by atoms with Gasteiger partial charge in [0.05, 0.1) is 0 Å². The number of benzene rings is 1. The van der Waals surface area contributed by atoms with Crippen LogP contribution < -0.4 is 5.32 Å². The number of methoxy groups -OCH3 is 1. The smallest absolute Gasteiger partial charge is 0.0481 e. The van der Waals surface area contributed by atoms with Crippen LogP contribution in [-0.2, 0) is 4.74 Å². The van der Waals surface area contributed by atoms with Crippen molar-refractivity contribution in [2.45, 2.75) is 26.3 Å². The van der Waals surface area contributed by atoms with Gasteiger partial charge in [-0.1, -0.05) is 35.8 Å². The summed E-state index contributed by atoms with van der Waals surface area (Å²) in [5, 5.41) is 3.54. The molecule has 2 nitrogen and oxygen atoms in total. The Kier molecular flexibility index (Phi) is 5.85. The van der Waals surface area contributed by atoms with Gasteiger partial charge in [0.15, 0.2) is 0 Å². The molecule has 1 aromatic carbocycles. The third-order valence-corrected chi connectivity index (χ3v) is 3.11. The highest BCUT2D eigenvalue weighted by atomic mass is 79.9. The minimum atomic E-state index is 0.453. The highest BCUT2D eigenvalue weighted by Gasteiger charge is 2.12. The van der Waals surface area contributed by atoms with Crippen LogP contribution in [0, 0.1) is 5.92 Å². The van der Waals surface area contributed by atoms with Crippen molar-refractivity contribution in [1.29, 1.82) is 0 Å². The van der Waals surface area contributed by atoms with Gasteiger partial charge < -0.3 is 10.1 Å². The first-order valence-electron chi connectivity index (χ1n) is 5.64. The van der Waals surface area contributed by atoms with E-state index >= 15 is 0 Å². The van der Waals surface area contributed by atoms with E-state index in [1.807, 2.05) is 12.1 Å². The van der Waals surface area contributed by atoms with Crippen LogP contribution in [0.1, 0.15) is 20.3 Å². The van der Waals surface area contributed by atoms with Crippen LogP contribution in [0.4, 0.5) is 5.69 Å². The lowest BCUT2D eigenvalue weighted by atomic mass is 10.0. The maximum atomic E-state index is 5.13. The quantitative estimate of drug-likeness (QED) is 0.855. The Morgan fingerprint density at radius 1 is 1.38 bits per heavy atom. The van der Waals surface area contributed by atoms with E-state index in [4.69, 9.17) is 4.74 Å². The molecule has 0 aliphatic heterocycles. The summed E-state index contributed by atoms with van der Waals surface area (Å²) < 4.78 is 6.24. The fourth-order valence-corrected chi connectivity index (χ4v) is 2.01. The number of nitrogens with one attached hydrogen (secondary N) is 1. The monoisotopic (exact) mass is 285 g/mol. The maximum absolute atomic E-state index is 5.13. The van der Waals surface area contributed by atoms with Gasteiger partial charge in [0.1, 0.15) is 0 Å². The lowest BCUT2D eigenvalue weighted by molar-refractivity contribution is 0.184. The predicted molar refractivity (Wildman–Crippen MR) is 72.9 cm³/mol. The van der Waals surface area contributed by atoms with Crippen LogP contribution in [-0.4, -0.2) is 19.8 Å². The molecule has 1 atom stereocenters. The first-order chi connectivity index (χ1) is 7.63. The van der Waals surface area contributed by atoms with E-state index in [1.54, 1.807) is 7.11 Å². The summed E-state index contributed by atoms with van der Waals surface area (Å²) in [5.41, 5.74) is 1.16. The molecule has 0 saturated carbocycles. The lowest BCUT2D eigenvalue weighted by Crippen LogP contribution is -2.27. The van der Waals surface area contributed by atoms with Crippen LogP contribution in [0.3, 0.4) is 0 Å². The Hall–Kier alpha value is -0.540. The maximum Gasteiger partial charge on any atom is 0.0481 e. The van der Waals surface area contributed by atoms with E-state index in [-0.39, 0.29) is 0 Å². The van der Waals surface area contributed by atoms with Crippen molar-refractivity contribution in [3.05, 3.63) is 28.7 Å². The SMILES string of the molecule is COCCC(Nc1cccc(Br)c1)C(C)C. The predicted octanol–water partition coefficient (Wildman–Crippen LogP) is 3.92. The van der Waals surface area contributed by atoms with Gasteiger partial charge in [-0.25, -0.2) is 0 Å². The minimum Gasteiger partial charge on any atom is -0.385 e. The van der Waals surface area contributed by atoms with Gasteiger partial charge in [-0.3, -0.25) is 0 Å². The highest BCUT2D eigenvalue weighted by Crippen LogP contribution is 2.19. The number of hydrogen-bond donors (Lipinski definition) is 1. The van der Waals surface area contributed by atoms with Crippen molar-refractivity contribution in [3.63, 3.8) is 0 Å². The Balaban J connectivity index is 2.60. The Morgan fingerprint density at radius 2 is 2.12 bits per heavy atom. The zero-order valence-corrected chi connectivity index (χ0v) is 11.8. The normalized spacial score (nSPS) is 12.8. The molecule has 0 spiro atoms. The molecule has 0 fully saturated rings. The average molecular weight is 286 g/mol. The zero-order valence-electron chi connectivity index (χ0n) is 10.2. The van der Waals surface area contributed by atoms with Crippen molar-refractivity contribution in [3.8, 4) is 0 Å². The second-order valence-electron chi connectivity index (χ2n) is 4.29. The molecule has 0 aliphatic carbocycles. The topological polar surface area (TPSA) is 21.3 Å². The van der Waals surface area contributed by atoms with Gasteiger partial charge >= 0.3 is 0 Å². The van der Waals surface area contributed by atoms with E-state index in [0.717, 1.165) is 23.2 Å². The summed E-state index contributed by atoms with van der Waals surface area (Å²) in [7, 11) is 1.75. The van der Waals surface area contributed by atoms with Gasteiger partial charge in [-0.2, -0.15) is 0 Å². The highest BCUT2D eigenvalue weighted by molar-refractivity contribution is 9.10. The molecular formula is C13H20BrNO. The lowest BCUT2D eigenvalue weighted by Gasteiger charge is -2.23. The first kappa shape index (κ1) is 13.5. The third-order valence-electron chi connectivity index (χ3n) is 2.61. The molecule has 0 bridgehead atoms. The van der Waals surface area contributed by atoms with Crippen molar-refractivity contribution < 1.29 is 4.74 Å². The van der Waals surface area contributed by atoms with E-state index in [0.29, 0.717) is 12.0 Å². The van der Waals surface area contributed by atoms with Gasteiger partial charge in [0.25, 0.3) is 0 Å². The molecule has 3 heteroatoms. The molecule has 0 heterocycles. The molecule has 1 N–H and O–H groups in total. The second-order valence-corrected chi connectivity index (χ2v) is 5.20. The van der Waals surface area contributed by atoms with E-state index < -0.39 is 0 Å². The van der Waals surface area contributed by atoms with Crippen molar-refractivity contribution >= 4 is 21.6 Å². The van der Waals surface area contributed by atoms with Gasteiger partial charge in [-0.15, -0.1) is 0 Å². The summed E-state index contributed by atoms with van der Waals surface area (Å²) in [5.74, 6) is 0.592. The van der Waals surface area contributed by atoms with Crippen molar-refractivity contribution in [2.75, 3.05) is 19.0 Å². The average Bonchev–Trinajstić information content (AvgIpc) is 2.24. The van der Waals surface area contributed by atoms with Crippen LogP contribution in [0.2, 0.25) is 0 Å². The molecule has 1 aromatic rings. The second kappa shape index (κ2) is 6.92. The number of ether oxygens (including phenoxy) is 1. The Labute approximate surface area is 107 Å². The minimum absolute atomic E-state index is 0.453. The molecule has 1 unspecified atom stereocenters. The molecule has 0 saturated heterocycles. The molecule has 1 rings (SSSR count). The summed E-state index contributed by atoms with van der Waals surface area (Å²) in [6.07, 6.45) is 1.03. The van der Waals surface area contributed by atoms with Crippen molar-refractivity contribution in [2.24, 2.45) is 5.92 Å². The molecule has 0 radical (unpaired) electrons. The summed E-state index contributed by atoms with van der Waals surface area (Å²) >= 11 is 3.48. The van der Waals surface area contributed by atoms with Gasteiger partial charge in [0, 0.05) is 29.9 Å². The number of rotatable bonds is 6. The van der Waals surface area contributed by atoms with E-state index in [1.165, 1.54) is 0 Å². The molecule has 0 amide bonds. The zero-order chi connectivity index (χ0) is 12.0. The van der Waals surface area contributed by atoms with E-state index in [9.17, 15) is 0 Å². The summed E-state index contributed by atoms with van der Waals surface area (Å²) in [6.45, 7) is 5.25. The number of halogens is 1. The Morgan fingerprint density at radius 3 is 2.69 bits per heavy atom. The molecule has 0 aromatic heterocycles. The van der Waals surface area contributed by atoms with Gasteiger partial charge in [-0.05, 0) is 30.5 Å². The number of anilines is 1. The third kappa shape index (κ3) is 4.54. The summed E-state index contributed by atoms with van der Waals surface area (Å²) in [6, 6.07) is 8.72. The molecule has 16 heavy (non-hydrogen) atoms. The van der Waals surface area contributed by atoms with Crippen LogP contribution in [0.5, 0.6) is 0 Å². The summed E-state index contributed by atoms with van der Waals surface area (Å²) in [4.78, 5) is 0. The van der Waals surface area contributed by atoms with Crippen LogP contribution in [0.15, 0.2) is 28.7 Å².